The minimum Gasteiger partial charge on any atom is -0.354 e. The van der Waals surface area contributed by atoms with Gasteiger partial charge in [-0.2, -0.15) is 0 Å². The molecule has 1 aromatic carbocycles. The number of likely N-dealkylation sites (N-methyl/N-ethyl adjacent to an activating group) is 1. The Morgan fingerprint density at radius 2 is 1.85 bits per heavy atom. The third-order valence-corrected chi connectivity index (χ3v) is 4.68. The minimum absolute atomic E-state index is 0.0675. The average molecular weight is 381 g/mol. The van der Waals surface area contributed by atoms with Crippen molar-refractivity contribution in [2.45, 2.75) is 13.3 Å². The fraction of sp³-hybridized carbons (Fsp3) is 0.190. The lowest BCUT2D eigenvalue weighted by Crippen LogP contribution is -2.29. The number of carbonyl (C=O) groups excluding carboxylic acids is 1. The summed E-state index contributed by atoms with van der Waals surface area (Å²) >= 11 is 6.17. The van der Waals surface area contributed by atoms with Crippen LogP contribution in [0.15, 0.2) is 61.2 Å². The highest BCUT2D eigenvalue weighted by Gasteiger charge is 2.13. The molecule has 0 aliphatic carbocycles. The molecule has 0 radical (unpaired) electrons. The van der Waals surface area contributed by atoms with Gasteiger partial charge < -0.3 is 10.2 Å². The van der Waals surface area contributed by atoms with E-state index in [0.29, 0.717) is 17.1 Å². The molecule has 3 aromatic rings. The number of halogens is 1. The SMILES string of the molecule is Cc1ccc(Nc2cncc(C(=O)N(C)CCc3ccncc3)c2)cc1Cl. The van der Waals surface area contributed by atoms with Crippen molar-refractivity contribution in [3.63, 3.8) is 0 Å². The van der Waals surface area contributed by atoms with Gasteiger partial charge in [-0.3, -0.25) is 14.8 Å². The zero-order valence-electron chi connectivity index (χ0n) is 15.3. The molecule has 3 rings (SSSR count). The van der Waals surface area contributed by atoms with Crippen LogP contribution in [0.1, 0.15) is 21.5 Å². The molecule has 0 fully saturated rings. The summed E-state index contributed by atoms with van der Waals surface area (Å²) in [6, 6.07) is 11.4. The number of hydrogen-bond donors (Lipinski definition) is 1. The van der Waals surface area contributed by atoms with Gasteiger partial charge in [0.2, 0.25) is 0 Å². The number of hydrogen-bond acceptors (Lipinski definition) is 4. The predicted molar refractivity (Wildman–Crippen MR) is 109 cm³/mol. The summed E-state index contributed by atoms with van der Waals surface area (Å²) in [4.78, 5) is 22.6. The van der Waals surface area contributed by atoms with Gasteiger partial charge in [-0.1, -0.05) is 17.7 Å². The van der Waals surface area contributed by atoms with Crippen molar-refractivity contribution in [2.24, 2.45) is 0 Å². The van der Waals surface area contributed by atoms with Crippen LogP contribution in [0.3, 0.4) is 0 Å². The highest BCUT2D eigenvalue weighted by Crippen LogP contribution is 2.23. The molecular weight excluding hydrogens is 360 g/mol. The van der Waals surface area contributed by atoms with Crippen molar-refractivity contribution in [1.82, 2.24) is 14.9 Å². The highest BCUT2D eigenvalue weighted by molar-refractivity contribution is 6.31. The van der Waals surface area contributed by atoms with Crippen LogP contribution >= 0.6 is 11.6 Å². The summed E-state index contributed by atoms with van der Waals surface area (Å²) in [5.74, 6) is -0.0675. The van der Waals surface area contributed by atoms with Crippen molar-refractivity contribution in [3.8, 4) is 0 Å². The molecule has 0 aliphatic heterocycles. The predicted octanol–water partition coefficient (Wildman–Crippen LogP) is 4.50. The zero-order chi connectivity index (χ0) is 19.2. The Morgan fingerprint density at radius 1 is 1.07 bits per heavy atom. The Morgan fingerprint density at radius 3 is 2.59 bits per heavy atom. The number of aromatic nitrogens is 2. The molecule has 1 amide bonds. The van der Waals surface area contributed by atoms with Gasteiger partial charge in [-0.15, -0.1) is 0 Å². The first-order valence-corrected chi connectivity index (χ1v) is 9.03. The average Bonchev–Trinajstić information content (AvgIpc) is 2.69. The Balaban J connectivity index is 1.66. The van der Waals surface area contributed by atoms with Crippen molar-refractivity contribution in [3.05, 3.63) is 82.9 Å². The quantitative estimate of drug-likeness (QED) is 0.684. The topological polar surface area (TPSA) is 58.1 Å². The van der Waals surface area contributed by atoms with Crippen LogP contribution in [0.2, 0.25) is 5.02 Å². The van der Waals surface area contributed by atoms with E-state index in [4.69, 9.17) is 11.6 Å². The van der Waals surface area contributed by atoms with Gasteiger partial charge in [0, 0.05) is 42.9 Å². The number of pyridine rings is 2. The third-order valence-electron chi connectivity index (χ3n) is 4.28. The molecule has 0 saturated heterocycles. The number of anilines is 2. The lowest BCUT2D eigenvalue weighted by Gasteiger charge is -2.17. The lowest BCUT2D eigenvalue weighted by atomic mass is 10.1. The maximum Gasteiger partial charge on any atom is 0.255 e. The first-order chi connectivity index (χ1) is 13.0. The number of benzene rings is 1. The first kappa shape index (κ1) is 18.9. The number of nitrogens with one attached hydrogen (secondary N) is 1. The second-order valence-electron chi connectivity index (χ2n) is 6.38. The van der Waals surface area contributed by atoms with Crippen molar-refractivity contribution in [2.75, 3.05) is 18.9 Å². The van der Waals surface area contributed by atoms with E-state index in [1.54, 1.807) is 42.8 Å². The second-order valence-corrected chi connectivity index (χ2v) is 6.79. The Hall–Kier alpha value is -2.92. The first-order valence-electron chi connectivity index (χ1n) is 8.65. The molecular formula is C21H21ClN4O. The lowest BCUT2D eigenvalue weighted by molar-refractivity contribution is 0.0796. The Kier molecular flexibility index (Phi) is 6.04. The van der Waals surface area contributed by atoms with Crippen LogP contribution in [0.5, 0.6) is 0 Å². The summed E-state index contributed by atoms with van der Waals surface area (Å²) in [6.45, 7) is 2.57. The van der Waals surface area contributed by atoms with Gasteiger partial charge in [0.25, 0.3) is 5.91 Å². The van der Waals surface area contributed by atoms with Crippen molar-refractivity contribution >= 4 is 28.9 Å². The number of rotatable bonds is 6. The molecule has 0 atom stereocenters. The van der Waals surface area contributed by atoms with E-state index in [0.717, 1.165) is 28.9 Å². The van der Waals surface area contributed by atoms with Gasteiger partial charge in [0.05, 0.1) is 17.4 Å². The van der Waals surface area contributed by atoms with E-state index in [1.165, 1.54) is 0 Å². The van der Waals surface area contributed by atoms with Crippen LogP contribution in [-0.2, 0) is 6.42 Å². The van der Waals surface area contributed by atoms with E-state index in [9.17, 15) is 4.79 Å². The Labute approximate surface area is 164 Å². The molecule has 0 bridgehead atoms. The number of amides is 1. The molecule has 138 valence electrons. The van der Waals surface area contributed by atoms with Crippen LogP contribution in [-0.4, -0.2) is 34.4 Å². The molecule has 5 nitrogen and oxygen atoms in total. The van der Waals surface area contributed by atoms with Gasteiger partial charge >= 0.3 is 0 Å². The number of nitrogens with zero attached hydrogens (tertiary/aromatic N) is 3. The van der Waals surface area contributed by atoms with E-state index >= 15 is 0 Å². The molecule has 0 saturated carbocycles. The van der Waals surface area contributed by atoms with E-state index in [2.05, 4.69) is 15.3 Å². The molecule has 27 heavy (non-hydrogen) atoms. The smallest absolute Gasteiger partial charge is 0.255 e. The van der Waals surface area contributed by atoms with Gasteiger partial charge in [0.15, 0.2) is 0 Å². The van der Waals surface area contributed by atoms with E-state index in [-0.39, 0.29) is 5.91 Å². The molecule has 0 spiro atoms. The van der Waals surface area contributed by atoms with Gasteiger partial charge in [-0.25, -0.2) is 0 Å². The summed E-state index contributed by atoms with van der Waals surface area (Å²) in [7, 11) is 1.80. The van der Waals surface area contributed by atoms with E-state index in [1.807, 2.05) is 37.3 Å². The normalized spacial score (nSPS) is 10.5. The second kappa shape index (κ2) is 8.64. The molecule has 2 heterocycles. The van der Waals surface area contributed by atoms with E-state index < -0.39 is 0 Å². The maximum absolute atomic E-state index is 12.7. The zero-order valence-corrected chi connectivity index (χ0v) is 16.1. The monoisotopic (exact) mass is 380 g/mol. The van der Waals surface area contributed by atoms with Crippen LogP contribution < -0.4 is 5.32 Å². The molecule has 6 heteroatoms. The highest BCUT2D eigenvalue weighted by atomic mass is 35.5. The summed E-state index contributed by atoms with van der Waals surface area (Å²) in [6.07, 6.45) is 7.55. The molecule has 0 aliphatic rings. The Bertz CT molecular complexity index is 930. The standard InChI is InChI=1S/C21H21ClN4O/c1-15-3-4-18(12-20(15)22)25-19-11-17(13-24-14-19)21(27)26(2)10-7-16-5-8-23-9-6-16/h3-6,8-9,11-14,25H,7,10H2,1-2H3. The molecule has 2 aromatic heterocycles. The van der Waals surface area contributed by atoms with Crippen molar-refractivity contribution < 1.29 is 4.79 Å². The van der Waals surface area contributed by atoms with Crippen molar-refractivity contribution in [1.29, 1.82) is 0 Å². The number of carbonyl (C=O) groups is 1. The molecule has 1 N–H and O–H groups in total. The van der Waals surface area contributed by atoms with Gasteiger partial charge in [0.1, 0.15) is 0 Å². The minimum atomic E-state index is -0.0675. The molecule has 0 unspecified atom stereocenters. The number of aryl methyl sites for hydroxylation is 1. The van der Waals surface area contributed by atoms with Crippen LogP contribution in [0, 0.1) is 6.92 Å². The maximum atomic E-state index is 12.7. The van der Waals surface area contributed by atoms with Crippen LogP contribution in [0.4, 0.5) is 11.4 Å². The fourth-order valence-electron chi connectivity index (χ4n) is 2.63. The fourth-order valence-corrected chi connectivity index (χ4v) is 2.81. The summed E-state index contributed by atoms with van der Waals surface area (Å²) < 4.78 is 0. The largest absolute Gasteiger partial charge is 0.354 e. The summed E-state index contributed by atoms with van der Waals surface area (Å²) in [5, 5.41) is 3.93. The summed E-state index contributed by atoms with van der Waals surface area (Å²) in [5.41, 5.74) is 4.29. The van der Waals surface area contributed by atoms with Crippen LogP contribution in [0.25, 0.3) is 0 Å². The third kappa shape index (κ3) is 5.05. The van der Waals surface area contributed by atoms with Gasteiger partial charge in [-0.05, 0) is 54.8 Å².